The molecule has 0 saturated heterocycles. The molecule has 2 rings (SSSR count). The molecule has 0 unspecified atom stereocenters. The van der Waals surface area contributed by atoms with Crippen LogP contribution in [0.3, 0.4) is 0 Å². The number of anilines is 2. The summed E-state index contributed by atoms with van der Waals surface area (Å²) in [5, 5.41) is 0. The van der Waals surface area contributed by atoms with Gasteiger partial charge in [0.1, 0.15) is 11.5 Å². The van der Waals surface area contributed by atoms with Gasteiger partial charge in [-0.2, -0.15) is 4.21 Å². The largest absolute Gasteiger partial charge is 0.417 e. The summed E-state index contributed by atoms with van der Waals surface area (Å²) in [5.74, 6) is 0.830. The third-order valence-electron chi connectivity index (χ3n) is 2.09. The van der Waals surface area contributed by atoms with Gasteiger partial charge < -0.3 is 19.8 Å². The monoisotopic (exact) mass is 264 g/mol. The molecule has 18 heavy (non-hydrogen) atoms. The summed E-state index contributed by atoms with van der Waals surface area (Å²) in [7, 11) is 0. The summed E-state index contributed by atoms with van der Waals surface area (Å²) in [4.78, 5) is 0. The van der Waals surface area contributed by atoms with E-state index in [0.717, 1.165) is 0 Å². The lowest BCUT2D eigenvalue weighted by Gasteiger charge is -2.06. The number of nitrogen functional groups attached to an aromatic ring is 2. The average Bonchev–Trinajstić information content (AvgIpc) is 2.35. The summed E-state index contributed by atoms with van der Waals surface area (Å²) < 4.78 is 21.7. The Morgan fingerprint density at radius 3 is 1.39 bits per heavy atom. The van der Waals surface area contributed by atoms with E-state index in [-0.39, 0.29) is 0 Å². The Kier molecular flexibility index (Phi) is 3.69. The van der Waals surface area contributed by atoms with E-state index in [0.29, 0.717) is 22.9 Å². The van der Waals surface area contributed by atoms with E-state index in [4.69, 9.17) is 19.8 Å². The molecule has 94 valence electrons. The summed E-state index contributed by atoms with van der Waals surface area (Å²) >= 11 is -1.92. The third-order valence-corrected chi connectivity index (χ3v) is 2.75. The van der Waals surface area contributed by atoms with Crippen molar-refractivity contribution in [3.05, 3.63) is 48.5 Å². The van der Waals surface area contributed by atoms with E-state index < -0.39 is 11.4 Å². The lowest BCUT2D eigenvalue weighted by molar-refractivity contribution is 0.462. The van der Waals surface area contributed by atoms with Crippen LogP contribution in [-0.2, 0) is 11.4 Å². The van der Waals surface area contributed by atoms with Crippen LogP contribution < -0.4 is 19.8 Å². The predicted octanol–water partition coefficient (Wildman–Crippen LogP) is 1.89. The normalized spacial score (nSPS) is 10.3. The zero-order chi connectivity index (χ0) is 13.0. The molecule has 5 nitrogen and oxygen atoms in total. The Hall–Kier alpha value is -2.21. The number of benzene rings is 2. The summed E-state index contributed by atoms with van der Waals surface area (Å²) in [6.07, 6.45) is 0. The predicted molar refractivity (Wildman–Crippen MR) is 71.1 cm³/mol. The quantitative estimate of drug-likeness (QED) is 0.823. The fraction of sp³-hybridized carbons (Fsp3) is 0. The molecule has 0 amide bonds. The van der Waals surface area contributed by atoms with Gasteiger partial charge in [-0.25, -0.2) is 0 Å². The van der Waals surface area contributed by atoms with Crippen molar-refractivity contribution in [1.29, 1.82) is 0 Å². The number of hydrogen-bond donors (Lipinski definition) is 2. The van der Waals surface area contributed by atoms with Crippen molar-refractivity contribution >= 4 is 22.7 Å². The first-order chi connectivity index (χ1) is 8.63. The third kappa shape index (κ3) is 3.39. The topological polar surface area (TPSA) is 87.6 Å². The van der Waals surface area contributed by atoms with Gasteiger partial charge in [0.15, 0.2) is 0 Å². The van der Waals surface area contributed by atoms with Crippen molar-refractivity contribution in [2.24, 2.45) is 0 Å². The van der Waals surface area contributed by atoms with Gasteiger partial charge in [-0.15, -0.1) is 0 Å². The molecule has 4 N–H and O–H groups in total. The van der Waals surface area contributed by atoms with Crippen molar-refractivity contribution in [3.8, 4) is 11.5 Å². The maximum atomic E-state index is 11.6. The van der Waals surface area contributed by atoms with E-state index in [2.05, 4.69) is 0 Å². The van der Waals surface area contributed by atoms with Gasteiger partial charge in [0, 0.05) is 11.4 Å². The molecule has 0 spiro atoms. The van der Waals surface area contributed by atoms with Crippen LogP contribution in [-0.4, -0.2) is 4.21 Å². The van der Waals surface area contributed by atoms with Crippen LogP contribution in [0.5, 0.6) is 11.5 Å². The van der Waals surface area contributed by atoms with Crippen molar-refractivity contribution < 1.29 is 12.6 Å². The van der Waals surface area contributed by atoms with Crippen LogP contribution in [0, 0.1) is 0 Å². The maximum Gasteiger partial charge on any atom is 0.417 e. The molecule has 2 aromatic rings. The molecule has 0 saturated carbocycles. The lowest BCUT2D eigenvalue weighted by Crippen LogP contribution is -2.08. The van der Waals surface area contributed by atoms with E-state index in [9.17, 15) is 4.21 Å². The highest BCUT2D eigenvalue weighted by molar-refractivity contribution is 7.75. The number of rotatable bonds is 4. The summed E-state index contributed by atoms with van der Waals surface area (Å²) in [5.41, 5.74) is 12.2. The first kappa shape index (κ1) is 12.3. The SMILES string of the molecule is Nc1ccc(OS(=O)Oc2ccc(N)cc2)cc1. The van der Waals surface area contributed by atoms with Gasteiger partial charge in [-0.05, 0) is 48.5 Å². The molecule has 0 aliphatic rings. The molecular formula is C12H12N2O3S. The highest BCUT2D eigenvalue weighted by Gasteiger charge is 2.05. The Bertz CT molecular complexity index is 491. The Morgan fingerprint density at radius 2 is 1.06 bits per heavy atom. The molecule has 0 bridgehead atoms. The standard InChI is InChI=1S/C12H12N2O3S/c13-9-1-5-11(6-2-9)16-18(15)17-12-7-3-10(14)4-8-12/h1-8H,13-14H2. The smallest absolute Gasteiger partial charge is 0.399 e. The van der Waals surface area contributed by atoms with Crippen molar-refractivity contribution in [3.63, 3.8) is 0 Å². The molecule has 0 fully saturated rings. The zero-order valence-electron chi connectivity index (χ0n) is 9.41. The van der Waals surface area contributed by atoms with Crippen LogP contribution in [0.2, 0.25) is 0 Å². The van der Waals surface area contributed by atoms with Gasteiger partial charge in [-0.3, -0.25) is 0 Å². The summed E-state index contributed by atoms with van der Waals surface area (Å²) in [6.45, 7) is 0. The first-order valence-corrected chi connectivity index (χ1v) is 6.13. The minimum atomic E-state index is -1.92. The summed E-state index contributed by atoms with van der Waals surface area (Å²) in [6, 6.07) is 13.0. The molecule has 2 aromatic carbocycles. The van der Waals surface area contributed by atoms with Gasteiger partial charge >= 0.3 is 11.4 Å². The molecule has 0 heterocycles. The second-order valence-corrected chi connectivity index (χ2v) is 4.25. The maximum absolute atomic E-state index is 11.6. The van der Waals surface area contributed by atoms with Gasteiger partial charge in [-0.1, -0.05) is 0 Å². The number of nitrogens with two attached hydrogens (primary N) is 2. The van der Waals surface area contributed by atoms with E-state index in [1.165, 1.54) is 0 Å². The van der Waals surface area contributed by atoms with Crippen molar-refractivity contribution in [2.45, 2.75) is 0 Å². The highest BCUT2D eigenvalue weighted by Crippen LogP contribution is 2.17. The second kappa shape index (κ2) is 5.42. The van der Waals surface area contributed by atoms with E-state index in [1.54, 1.807) is 48.5 Å². The average molecular weight is 264 g/mol. The molecule has 0 radical (unpaired) electrons. The highest BCUT2D eigenvalue weighted by atomic mass is 32.2. The van der Waals surface area contributed by atoms with Gasteiger partial charge in [0.05, 0.1) is 0 Å². The van der Waals surface area contributed by atoms with Crippen molar-refractivity contribution in [1.82, 2.24) is 0 Å². The Morgan fingerprint density at radius 1 is 0.722 bits per heavy atom. The van der Waals surface area contributed by atoms with Crippen LogP contribution in [0.15, 0.2) is 48.5 Å². The van der Waals surface area contributed by atoms with Gasteiger partial charge in [0.2, 0.25) is 0 Å². The van der Waals surface area contributed by atoms with Crippen LogP contribution in [0.25, 0.3) is 0 Å². The van der Waals surface area contributed by atoms with Crippen LogP contribution in [0.4, 0.5) is 11.4 Å². The minimum Gasteiger partial charge on any atom is -0.399 e. The van der Waals surface area contributed by atoms with Gasteiger partial charge in [0.25, 0.3) is 0 Å². The zero-order valence-corrected chi connectivity index (χ0v) is 10.2. The molecule has 0 atom stereocenters. The molecular weight excluding hydrogens is 252 g/mol. The first-order valence-electron chi connectivity index (χ1n) is 5.13. The Balaban J connectivity index is 1.96. The fourth-order valence-corrected chi connectivity index (χ4v) is 1.79. The van der Waals surface area contributed by atoms with Crippen molar-refractivity contribution in [2.75, 3.05) is 11.5 Å². The fourth-order valence-electron chi connectivity index (χ4n) is 1.22. The minimum absolute atomic E-state index is 0.415. The van der Waals surface area contributed by atoms with E-state index in [1.807, 2.05) is 0 Å². The molecule has 6 heteroatoms. The molecule has 0 aromatic heterocycles. The Labute approximate surface area is 107 Å². The second-order valence-electron chi connectivity index (χ2n) is 3.51. The molecule has 0 aliphatic carbocycles. The number of hydrogen-bond acceptors (Lipinski definition) is 5. The van der Waals surface area contributed by atoms with Crippen LogP contribution in [0.1, 0.15) is 0 Å². The lowest BCUT2D eigenvalue weighted by atomic mass is 10.3. The van der Waals surface area contributed by atoms with Crippen LogP contribution >= 0.6 is 0 Å². The van der Waals surface area contributed by atoms with E-state index >= 15 is 0 Å². The molecule has 0 aliphatic heterocycles.